The molecule has 0 aliphatic heterocycles. The van der Waals surface area contributed by atoms with E-state index in [1.54, 1.807) is 13.2 Å². The lowest BCUT2D eigenvalue weighted by atomic mass is 9.98. The maximum atomic E-state index is 6.11. The quantitative estimate of drug-likeness (QED) is 0.516. The molecule has 4 aromatic rings. The first-order valence-electron chi connectivity index (χ1n) is 7.91. The first kappa shape index (κ1) is 15.1. The van der Waals surface area contributed by atoms with Crippen LogP contribution in [0, 0.1) is 0 Å². The van der Waals surface area contributed by atoms with Gasteiger partial charge in [0, 0.05) is 11.1 Å². The average Bonchev–Trinajstić information content (AvgIpc) is 3.08. The molecule has 0 saturated carbocycles. The van der Waals surface area contributed by atoms with Crippen LogP contribution in [0.5, 0.6) is 5.75 Å². The van der Waals surface area contributed by atoms with E-state index in [1.165, 1.54) is 6.33 Å². The third-order valence-electron chi connectivity index (χ3n) is 4.13. The van der Waals surface area contributed by atoms with Gasteiger partial charge in [-0.1, -0.05) is 49.0 Å². The minimum absolute atomic E-state index is 0.551. The molecule has 0 radical (unpaired) electrons. The number of benzene rings is 2. The molecule has 122 valence electrons. The average molecular weight is 328 g/mol. The van der Waals surface area contributed by atoms with Crippen molar-refractivity contribution in [1.29, 1.82) is 0 Å². The second kappa shape index (κ2) is 6.24. The second-order valence-electron chi connectivity index (χ2n) is 5.54. The van der Waals surface area contributed by atoms with E-state index in [1.807, 2.05) is 54.6 Å². The first-order valence-corrected chi connectivity index (χ1v) is 7.91. The van der Waals surface area contributed by atoms with Crippen molar-refractivity contribution in [2.75, 3.05) is 7.11 Å². The highest BCUT2D eigenvalue weighted by atomic mass is 16.5. The Bertz CT molecular complexity index is 1030. The third-order valence-corrected chi connectivity index (χ3v) is 4.13. The summed E-state index contributed by atoms with van der Waals surface area (Å²) in [5.41, 5.74) is 4.26. The van der Waals surface area contributed by atoms with Gasteiger partial charge >= 0.3 is 0 Å². The molecule has 0 amide bonds. The fourth-order valence-corrected chi connectivity index (χ4v) is 2.94. The van der Waals surface area contributed by atoms with E-state index < -0.39 is 0 Å². The van der Waals surface area contributed by atoms with Crippen LogP contribution in [0.4, 0.5) is 0 Å². The molecule has 0 saturated heterocycles. The Morgan fingerprint density at radius 2 is 1.72 bits per heavy atom. The molecule has 2 aromatic carbocycles. The number of ether oxygens (including phenoxy) is 1. The van der Waals surface area contributed by atoms with E-state index in [0.29, 0.717) is 5.71 Å². The Labute approximate surface area is 145 Å². The zero-order valence-corrected chi connectivity index (χ0v) is 13.8. The zero-order valence-electron chi connectivity index (χ0n) is 13.8. The van der Waals surface area contributed by atoms with Crippen molar-refractivity contribution in [2.24, 2.45) is 0 Å². The van der Waals surface area contributed by atoms with Gasteiger partial charge in [0.25, 0.3) is 0 Å². The van der Waals surface area contributed by atoms with Crippen molar-refractivity contribution < 1.29 is 9.15 Å². The molecule has 2 aromatic heterocycles. The molecule has 2 heterocycles. The lowest BCUT2D eigenvalue weighted by Crippen LogP contribution is -1.87. The second-order valence-corrected chi connectivity index (χ2v) is 5.54. The number of hydrogen-bond acceptors (Lipinski definition) is 4. The van der Waals surface area contributed by atoms with E-state index in [9.17, 15) is 0 Å². The molecule has 0 aliphatic carbocycles. The van der Waals surface area contributed by atoms with Crippen LogP contribution in [0.1, 0.15) is 5.69 Å². The fourth-order valence-electron chi connectivity index (χ4n) is 2.94. The number of aromatic nitrogens is 2. The van der Waals surface area contributed by atoms with E-state index in [4.69, 9.17) is 9.15 Å². The summed E-state index contributed by atoms with van der Waals surface area (Å²) in [5, 5.41) is 0.863. The van der Waals surface area contributed by atoms with Crippen molar-refractivity contribution in [1.82, 2.24) is 9.97 Å². The predicted molar refractivity (Wildman–Crippen MR) is 99.3 cm³/mol. The monoisotopic (exact) mass is 328 g/mol. The summed E-state index contributed by atoms with van der Waals surface area (Å²) in [6, 6.07) is 17.9. The van der Waals surface area contributed by atoms with Crippen LogP contribution in [0.2, 0.25) is 0 Å². The van der Waals surface area contributed by atoms with E-state index >= 15 is 0 Å². The molecule has 4 heteroatoms. The van der Waals surface area contributed by atoms with Crippen LogP contribution in [0.3, 0.4) is 0 Å². The number of furan rings is 1. The minimum atomic E-state index is 0.551. The van der Waals surface area contributed by atoms with Gasteiger partial charge in [0.05, 0.1) is 18.2 Å². The lowest BCUT2D eigenvalue weighted by Gasteiger charge is -2.06. The molecule has 0 unspecified atom stereocenters. The molecule has 0 bridgehead atoms. The van der Waals surface area contributed by atoms with Crippen LogP contribution in [-0.4, -0.2) is 17.1 Å². The fraction of sp³-hybridized carbons (Fsp3) is 0.0476. The van der Waals surface area contributed by atoms with Crippen molar-refractivity contribution >= 4 is 17.2 Å². The SMILES string of the molecule is C=Cc1ncnc2oc(-c3ccccc3)c(-c3ccc(OC)cc3)c12. The van der Waals surface area contributed by atoms with Crippen LogP contribution in [0.15, 0.2) is 71.9 Å². The van der Waals surface area contributed by atoms with Crippen molar-refractivity contribution in [3.8, 4) is 28.2 Å². The van der Waals surface area contributed by atoms with Gasteiger partial charge in [-0.15, -0.1) is 0 Å². The Kier molecular flexibility index (Phi) is 3.78. The highest BCUT2D eigenvalue weighted by Crippen LogP contribution is 2.41. The number of methoxy groups -OCH3 is 1. The molecule has 4 nitrogen and oxygen atoms in total. The molecular formula is C21H16N2O2. The predicted octanol–water partition coefficient (Wildman–Crippen LogP) is 5.21. The van der Waals surface area contributed by atoms with Gasteiger partial charge in [-0.3, -0.25) is 0 Å². The number of fused-ring (bicyclic) bond motifs is 1. The molecule has 0 N–H and O–H groups in total. The Hall–Kier alpha value is -3.40. The van der Waals surface area contributed by atoms with E-state index in [-0.39, 0.29) is 0 Å². The lowest BCUT2D eigenvalue weighted by molar-refractivity contribution is 0.415. The Morgan fingerprint density at radius 1 is 0.960 bits per heavy atom. The molecule has 25 heavy (non-hydrogen) atoms. The number of hydrogen-bond donors (Lipinski definition) is 0. The summed E-state index contributed by atoms with van der Waals surface area (Å²) in [6.07, 6.45) is 3.22. The van der Waals surface area contributed by atoms with Crippen molar-refractivity contribution in [2.45, 2.75) is 0 Å². The summed E-state index contributed by atoms with van der Waals surface area (Å²) in [5.74, 6) is 1.57. The van der Waals surface area contributed by atoms with Crippen LogP contribution < -0.4 is 4.74 Å². The van der Waals surface area contributed by atoms with Gasteiger partial charge < -0.3 is 9.15 Å². The molecule has 0 aliphatic rings. The molecule has 0 fully saturated rings. The zero-order chi connectivity index (χ0) is 17.2. The Morgan fingerprint density at radius 3 is 2.40 bits per heavy atom. The number of rotatable bonds is 4. The van der Waals surface area contributed by atoms with E-state index in [0.717, 1.165) is 39.3 Å². The topological polar surface area (TPSA) is 48.2 Å². The molecular weight excluding hydrogens is 312 g/mol. The van der Waals surface area contributed by atoms with Crippen LogP contribution in [-0.2, 0) is 0 Å². The standard InChI is InChI=1S/C21H16N2O2/c1-3-17-19-18(14-9-11-16(24-2)12-10-14)20(15-7-5-4-6-8-15)25-21(19)23-13-22-17/h3-13H,1H2,2H3. The smallest absolute Gasteiger partial charge is 0.231 e. The normalized spacial score (nSPS) is 10.8. The van der Waals surface area contributed by atoms with Gasteiger partial charge in [-0.25, -0.2) is 9.97 Å². The minimum Gasteiger partial charge on any atom is -0.497 e. The molecule has 4 rings (SSSR count). The van der Waals surface area contributed by atoms with Gasteiger partial charge in [0.15, 0.2) is 0 Å². The van der Waals surface area contributed by atoms with Gasteiger partial charge in [0.1, 0.15) is 17.8 Å². The van der Waals surface area contributed by atoms with E-state index in [2.05, 4.69) is 16.5 Å². The highest BCUT2D eigenvalue weighted by molar-refractivity contribution is 6.03. The highest BCUT2D eigenvalue weighted by Gasteiger charge is 2.20. The summed E-state index contributed by atoms with van der Waals surface area (Å²) in [7, 11) is 1.65. The van der Waals surface area contributed by atoms with Crippen molar-refractivity contribution in [3.05, 3.63) is 73.2 Å². The summed E-state index contributed by atoms with van der Waals surface area (Å²) < 4.78 is 11.4. The third kappa shape index (κ3) is 2.58. The van der Waals surface area contributed by atoms with Crippen molar-refractivity contribution in [3.63, 3.8) is 0 Å². The Balaban J connectivity index is 2.06. The maximum Gasteiger partial charge on any atom is 0.231 e. The van der Waals surface area contributed by atoms with Crippen LogP contribution >= 0.6 is 0 Å². The summed E-state index contributed by atoms with van der Waals surface area (Å²) in [4.78, 5) is 8.64. The maximum absolute atomic E-state index is 6.11. The van der Waals surface area contributed by atoms with Crippen LogP contribution in [0.25, 0.3) is 39.6 Å². The van der Waals surface area contributed by atoms with Gasteiger partial charge in [-0.05, 0) is 23.8 Å². The largest absolute Gasteiger partial charge is 0.497 e. The molecule has 0 atom stereocenters. The van der Waals surface area contributed by atoms with Gasteiger partial charge in [0.2, 0.25) is 5.71 Å². The number of nitrogens with zero attached hydrogens (tertiary/aromatic N) is 2. The first-order chi connectivity index (χ1) is 12.3. The van der Waals surface area contributed by atoms with Gasteiger partial charge in [-0.2, -0.15) is 0 Å². The summed E-state index contributed by atoms with van der Waals surface area (Å²) >= 11 is 0. The molecule has 0 spiro atoms. The summed E-state index contributed by atoms with van der Waals surface area (Å²) in [6.45, 7) is 3.87.